The summed E-state index contributed by atoms with van der Waals surface area (Å²) in [6.45, 7) is 23.0. The number of likely N-dealkylation sites (N-methyl/N-ethyl adjacent to an activating group) is 4. The first-order valence-electron chi connectivity index (χ1n) is 38.4. The van der Waals surface area contributed by atoms with E-state index in [2.05, 4.69) is 70.7 Å². The maximum absolute atomic E-state index is 14.1. The van der Waals surface area contributed by atoms with Gasteiger partial charge < -0.3 is 40.3 Å². The summed E-state index contributed by atoms with van der Waals surface area (Å²) in [5, 5.41) is 52.2. The molecule has 33 nitrogen and oxygen atoms in total. The van der Waals surface area contributed by atoms with Crippen LogP contribution in [0.5, 0.6) is 11.5 Å². The molecule has 2 fully saturated rings. The highest BCUT2D eigenvalue weighted by Crippen LogP contribution is 2.38. The second kappa shape index (κ2) is 55.5. The van der Waals surface area contributed by atoms with Crippen LogP contribution in [0.2, 0.25) is 5.15 Å². The number of non-ortho nitro benzene ring substituents is 4. The number of fused-ring (bicyclic) bond motifs is 1. The molecule has 0 radical (unpaired) electrons. The topological polar surface area (TPSA) is 445 Å². The minimum Gasteiger partial charge on any atom is -0.497 e. The number of halogens is 4. The number of aliphatic hydroxyl groups excluding tert-OH is 1. The number of hydrogen-bond donors (Lipinski definition) is 3. The molecular weight excluding hydrogens is 1690 g/mol. The molecule has 0 bridgehead atoms. The lowest BCUT2D eigenvalue weighted by atomic mass is 9.87. The number of anilines is 1. The fraction of sp³-hybridized carbons (Fsp3) is 0.395. The van der Waals surface area contributed by atoms with E-state index in [1.54, 1.807) is 97.6 Å². The molecule has 3 aliphatic rings. The van der Waals surface area contributed by atoms with E-state index in [1.165, 1.54) is 55.2 Å². The van der Waals surface area contributed by atoms with Gasteiger partial charge in [0, 0.05) is 117 Å². The number of nitrogens with two attached hydrogens (primary N) is 1. The molecule has 4 heterocycles. The smallest absolute Gasteiger partial charge is 0.373 e. The molecule has 123 heavy (non-hydrogen) atoms. The van der Waals surface area contributed by atoms with Crippen LogP contribution in [-0.4, -0.2) is 184 Å². The Hall–Kier alpha value is -12.4. The van der Waals surface area contributed by atoms with Crippen LogP contribution in [0.1, 0.15) is 150 Å². The van der Waals surface area contributed by atoms with Gasteiger partial charge >= 0.3 is 18.5 Å². The molecule has 7 aromatic carbocycles. The van der Waals surface area contributed by atoms with Gasteiger partial charge in [-0.3, -0.25) is 64.6 Å². The van der Waals surface area contributed by atoms with Crippen LogP contribution < -0.4 is 20.5 Å². The lowest BCUT2D eigenvalue weighted by molar-refractivity contribution is -0.385. The standard InChI is InChI=1S/C21H16ClF2N3O3.C13H17N3O3.C13H19N3O.C10H12BrNO2.C10H13NO2.C9H11NO2.C5H13N.C2H6O.3CO2/c1-29-12-7-6-11(16(8-12)30-2)9-27-10-15-18(21(27)28)19(22)26-20(25-15)17-13(23)4-3-5-14(17)24;1-13(12(17)14(2)8-9-15(13)3)10-4-6-11(7-5-10)16(18)19;1-13(10-4-6-11(14)7-5-10)12(17)15(2)8-9-16(13)3;1-3-10(2,11)8-4-6-9(7-5-8)12(13)14;1-3-8(2)9-4-6-10(7-5-9)11(12)13;1-2-3-8-4-6-9(7-5-8)10(11)12;1-3-4-5-6-2;1-2-3;3*2-1-3/h3-8H,9-10H2,1-2H3;4-7H,8-9H2,1-3H3;4-7H,8-9,14H2,1-3H3;4-7H,3H2,1-2H3;4-8H,3H2,1-2H3;4-7H,2-3H2,1H3;6H,3-5H2,1-2H3;3H,2H2,1H3;;;. The van der Waals surface area contributed by atoms with Crippen molar-refractivity contribution in [1.29, 1.82) is 0 Å². The molecule has 4 atom stereocenters. The molecule has 4 unspecified atom stereocenters. The average molecular weight is 1800 g/mol. The van der Waals surface area contributed by atoms with Crippen molar-refractivity contribution in [1.82, 2.24) is 39.8 Å². The van der Waals surface area contributed by atoms with Crippen LogP contribution in [0.15, 0.2) is 158 Å². The number of amides is 3. The molecular formula is C86H107BrClF2N13O20. The number of piperazine rings is 2. The summed E-state index contributed by atoms with van der Waals surface area (Å²) in [5.74, 6) is -0.391. The number of ether oxygens (including phenoxy) is 2. The third-order valence-corrected chi connectivity index (χ3v) is 20.9. The molecule has 0 aliphatic carbocycles. The summed E-state index contributed by atoms with van der Waals surface area (Å²) < 4.78 is 38.8. The number of alkyl halides is 1. The number of nitro groups is 4. The van der Waals surface area contributed by atoms with Crippen LogP contribution in [0, 0.1) is 52.1 Å². The summed E-state index contributed by atoms with van der Waals surface area (Å²) in [6, 6.07) is 42.6. The van der Waals surface area contributed by atoms with E-state index in [-0.39, 0.29) is 120 Å². The number of aromatic nitrogens is 2. The van der Waals surface area contributed by atoms with E-state index in [9.17, 15) is 63.6 Å². The molecule has 664 valence electrons. The first-order chi connectivity index (χ1) is 58.2. The number of aryl methyl sites for hydroxylation is 1. The molecule has 4 N–H and O–H groups in total. The Labute approximate surface area is 726 Å². The Morgan fingerprint density at radius 1 is 0.626 bits per heavy atom. The predicted molar refractivity (Wildman–Crippen MR) is 460 cm³/mol. The Kier molecular flexibility index (Phi) is 49.1. The van der Waals surface area contributed by atoms with E-state index in [0.29, 0.717) is 29.7 Å². The Morgan fingerprint density at radius 3 is 1.41 bits per heavy atom. The summed E-state index contributed by atoms with van der Waals surface area (Å²) in [7, 11) is 12.6. The maximum atomic E-state index is 14.1. The second-order valence-electron chi connectivity index (χ2n) is 27.7. The van der Waals surface area contributed by atoms with Gasteiger partial charge in [-0.25, -0.2) is 18.7 Å². The van der Waals surface area contributed by atoms with Crippen molar-refractivity contribution in [2.24, 2.45) is 0 Å². The van der Waals surface area contributed by atoms with Gasteiger partial charge in [-0.15, -0.1) is 0 Å². The molecule has 2 saturated heterocycles. The molecule has 37 heteroatoms. The van der Waals surface area contributed by atoms with Crippen molar-refractivity contribution in [3.8, 4) is 22.9 Å². The molecule has 1 aromatic heterocycles. The van der Waals surface area contributed by atoms with Crippen molar-refractivity contribution in [3.63, 3.8) is 0 Å². The Balaban J connectivity index is 0.000000726. The average Bonchev–Trinajstić information content (AvgIpc) is 1.68. The van der Waals surface area contributed by atoms with Gasteiger partial charge in [0.15, 0.2) is 5.82 Å². The minimum atomic E-state index is -0.810. The number of nitrogens with zero attached hydrogens (tertiary/aromatic N) is 11. The summed E-state index contributed by atoms with van der Waals surface area (Å²) in [6.07, 6.45) is 7.38. The predicted octanol–water partition coefficient (Wildman–Crippen LogP) is 14.9. The highest BCUT2D eigenvalue weighted by Gasteiger charge is 2.45. The highest BCUT2D eigenvalue weighted by atomic mass is 79.9. The van der Waals surface area contributed by atoms with E-state index in [0.717, 1.165) is 103 Å². The number of methoxy groups -OCH3 is 2. The monoisotopic (exact) mass is 1790 g/mol. The van der Waals surface area contributed by atoms with Crippen LogP contribution in [-0.2, 0) is 73.3 Å². The van der Waals surface area contributed by atoms with Crippen LogP contribution in [0.25, 0.3) is 11.4 Å². The van der Waals surface area contributed by atoms with E-state index in [1.807, 2.05) is 102 Å². The minimum absolute atomic E-state index is 0.00935. The normalized spacial score (nSPS) is 15.3. The number of rotatable bonds is 20. The van der Waals surface area contributed by atoms with E-state index < -0.39 is 27.6 Å². The SMILES string of the molecule is CCC(C)(Br)c1ccc([N+](=O)[O-])cc1.CCC(C)c1ccc([N+](=O)[O-])cc1.CCCCNC.CCCc1ccc([N+](=O)[O-])cc1.CCO.CN1CCN(C)C(C)(c2ccc(N)cc2)C1=O.CN1CCN(C)C(C)(c2ccc([N+](=O)[O-])cc2)C1=O.COc1ccc(CN2Cc3nc(-c4c(F)cccc4F)nc(Cl)c3C2=O)c(OC)c1.O=C=O.O=C=O.O=C=O. The van der Waals surface area contributed by atoms with Crippen molar-refractivity contribution < 1.29 is 86.2 Å². The zero-order chi connectivity index (χ0) is 93.5. The molecule has 3 amide bonds. The maximum Gasteiger partial charge on any atom is 0.373 e. The first-order valence-corrected chi connectivity index (χ1v) is 39.6. The molecule has 3 aliphatic heterocycles. The lowest BCUT2D eigenvalue weighted by Gasteiger charge is -2.45. The van der Waals surface area contributed by atoms with Gasteiger partial charge in [-0.2, -0.15) is 28.8 Å². The number of hydrogen-bond acceptors (Lipinski definition) is 26. The van der Waals surface area contributed by atoms with Crippen molar-refractivity contribution in [3.05, 3.63) is 260 Å². The van der Waals surface area contributed by atoms with E-state index in [4.69, 9.17) is 60.7 Å². The van der Waals surface area contributed by atoms with Crippen LogP contribution in [0.3, 0.4) is 0 Å². The number of nitro benzene ring substituents is 4. The van der Waals surface area contributed by atoms with Gasteiger partial charge in [0.1, 0.15) is 44.9 Å². The fourth-order valence-corrected chi connectivity index (χ4v) is 12.3. The zero-order valence-electron chi connectivity index (χ0n) is 71.7. The van der Waals surface area contributed by atoms with E-state index >= 15 is 0 Å². The van der Waals surface area contributed by atoms with Crippen LogP contribution in [0.4, 0.5) is 37.2 Å². The third kappa shape index (κ3) is 33.2. The number of unbranched alkanes of at least 4 members (excludes halogenated alkanes) is 1. The number of benzene rings is 7. The lowest BCUT2D eigenvalue weighted by Crippen LogP contribution is -2.60. The fourth-order valence-electron chi connectivity index (χ4n) is 11.8. The summed E-state index contributed by atoms with van der Waals surface area (Å²) in [4.78, 5) is 144. The number of nitrogen functional groups attached to an aromatic ring is 1. The Bertz CT molecular complexity index is 4750. The number of nitrogens with one attached hydrogen (secondary N) is 1. The first kappa shape index (κ1) is 109. The van der Waals surface area contributed by atoms with Crippen molar-refractivity contribution >= 4 is 92.1 Å². The molecule has 0 saturated carbocycles. The van der Waals surface area contributed by atoms with Gasteiger partial charge in [-0.05, 0) is 163 Å². The van der Waals surface area contributed by atoms with Crippen molar-refractivity contribution in [2.75, 3.05) is 94.5 Å². The van der Waals surface area contributed by atoms with Crippen LogP contribution >= 0.6 is 27.5 Å². The highest BCUT2D eigenvalue weighted by molar-refractivity contribution is 9.09. The van der Waals surface area contributed by atoms with Gasteiger partial charge in [0.2, 0.25) is 11.8 Å². The number of carbonyl (C=O) groups is 3. The van der Waals surface area contributed by atoms with Gasteiger partial charge in [0.25, 0.3) is 28.7 Å². The molecule has 0 spiro atoms. The van der Waals surface area contributed by atoms with Gasteiger partial charge in [-0.1, -0.05) is 130 Å². The quantitative estimate of drug-likeness (QED) is 0.0159. The number of aliphatic hydroxyl groups is 1. The van der Waals surface area contributed by atoms with Crippen molar-refractivity contribution in [2.45, 2.75) is 135 Å². The Morgan fingerprint density at radius 2 is 1.04 bits per heavy atom. The number of carbonyl (C=O) groups excluding carboxylic acids is 9. The zero-order valence-corrected chi connectivity index (χ0v) is 74.0. The third-order valence-electron chi connectivity index (χ3n) is 19.6. The summed E-state index contributed by atoms with van der Waals surface area (Å²) in [5.41, 5.74) is 11.5. The van der Waals surface area contributed by atoms with Gasteiger partial charge in [0.05, 0.1) is 58.3 Å². The second-order valence-corrected chi connectivity index (χ2v) is 29.8. The molecule has 8 aromatic rings. The largest absolute Gasteiger partial charge is 0.497 e. The summed E-state index contributed by atoms with van der Waals surface area (Å²) >= 11 is 9.79. The molecule has 11 rings (SSSR count).